The van der Waals surface area contributed by atoms with Crippen LogP contribution in [0.3, 0.4) is 0 Å². The lowest BCUT2D eigenvalue weighted by atomic mass is 9.71. The van der Waals surface area contributed by atoms with Crippen LogP contribution in [-0.4, -0.2) is 74.5 Å². The van der Waals surface area contributed by atoms with Crippen LogP contribution >= 0.6 is 27.7 Å². The number of carbonyl (C=O) groups is 3. The Morgan fingerprint density at radius 3 is 2.58 bits per heavy atom. The zero-order chi connectivity index (χ0) is 26.4. The van der Waals surface area contributed by atoms with Crippen molar-refractivity contribution in [2.75, 3.05) is 24.7 Å². The maximum Gasteiger partial charge on any atom is 0.311 e. The zero-order valence-electron chi connectivity index (χ0n) is 20.9. The predicted octanol–water partition coefficient (Wildman–Crippen LogP) is 3.40. The number of hydrogen-bond acceptors (Lipinski definition) is 6. The molecule has 1 N–H and O–H groups in total. The average molecular weight is 578 g/mol. The van der Waals surface area contributed by atoms with Crippen LogP contribution in [0.1, 0.15) is 24.5 Å². The molecule has 0 radical (unpaired) electrons. The van der Waals surface area contributed by atoms with Gasteiger partial charge in [0.2, 0.25) is 5.91 Å². The third-order valence-electron chi connectivity index (χ3n) is 7.60. The number of aliphatic hydroxyl groups excluding tert-OH is 1. The average Bonchev–Trinajstić information content (AvgIpc) is 3.44. The second kappa shape index (κ2) is 10.3. The van der Waals surface area contributed by atoms with Gasteiger partial charge in [-0.25, -0.2) is 0 Å². The molecule has 1 aromatic carbocycles. The number of para-hydroxylation sites is 1. The quantitative estimate of drug-likeness (QED) is 0.275. The second-order valence-corrected chi connectivity index (χ2v) is 12.6. The van der Waals surface area contributed by atoms with E-state index in [4.69, 9.17) is 4.74 Å². The fraction of sp³-hybridized carbons (Fsp3) is 0.519. The number of benzene rings is 1. The summed E-state index contributed by atoms with van der Waals surface area (Å²) in [6, 6.07) is 4.42. The Bertz CT molecular complexity index is 1080. The summed E-state index contributed by atoms with van der Waals surface area (Å²) < 4.78 is 4.60. The van der Waals surface area contributed by atoms with Crippen molar-refractivity contribution in [3.8, 4) is 0 Å². The highest BCUT2D eigenvalue weighted by atomic mass is 79.9. The molecule has 194 valence electrons. The Morgan fingerprint density at radius 1 is 1.33 bits per heavy atom. The van der Waals surface area contributed by atoms with E-state index in [1.165, 1.54) is 11.0 Å². The van der Waals surface area contributed by atoms with Crippen LogP contribution in [-0.2, 0) is 19.1 Å². The Morgan fingerprint density at radius 2 is 2.00 bits per heavy atom. The van der Waals surface area contributed by atoms with Crippen LogP contribution in [0.5, 0.6) is 0 Å². The molecular weight excluding hydrogens is 544 g/mol. The molecule has 3 aliphatic heterocycles. The van der Waals surface area contributed by atoms with Crippen LogP contribution in [0.25, 0.3) is 0 Å². The molecule has 9 heteroatoms. The van der Waals surface area contributed by atoms with E-state index in [2.05, 4.69) is 29.1 Å². The van der Waals surface area contributed by atoms with Gasteiger partial charge in [0.1, 0.15) is 12.6 Å². The number of thioether (sulfide) groups is 1. The maximum atomic E-state index is 14.5. The molecule has 3 unspecified atom stereocenters. The summed E-state index contributed by atoms with van der Waals surface area (Å²) in [5.74, 6) is -2.33. The minimum absolute atomic E-state index is 0.0550. The van der Waals surface area contributed by atoms with E-state index >= 15 is 0 Å². The lowest BCUT2D eigenvalue weighted by Gasteiger charge is -2.39. The smallest absolute Gasteiger partial charge is 0.311 e. The van der Waals surface area contributed by atoms with Gasteiger partial charge in [-0.1, -0.05) is 52.9 Å². The molecule has 4 rings (SSSR count). The van der Waals surface area contributed by atoms with Gasteiger partial charge >= 0.3 is 5.97 Å². The third kappa shape index (κ3) is 4.03. The minimum atomic E-state index is -0.844. The fourth-order valence-electron chi connectivity index (χ4n) is 6.22. The van der Waals surface area contributed by atoms with Crippen LogP contribution in [0.15, 0.2) is 43.5 Å². The molecule has 2 amide bonds. The molecule has 7 nitrogen and oxygen atoms in total. The van der Waals surface area contributed by atoms with Crippen LogP contribution in [0, 0.1) is 25.7 Å². The summed E-state index contributed by atoms with van der Waals surface area (Å²) in [5, 5.41) is 9.89. The lowest BCUT2D eigenvalue weighted by molar-refractivity contribution is -0.153. The molecule has 3 saturated heterocycles. The largest absolute Gasteiger partial charge is 0.461 e. The van der Waals surface area contributed by atoms with Gasteiger partial charge in [0.15, 0.2) is 0 Å². The predicted molar refractivity (Wildman–Crippen MR) is 145 cm³/mol. The normalized spacial score (nSPS) is 31.2. The van der Waals surface area contributed by atoms with Gasteiger partial charge in [0.05, 0.1) is 29.2 Å². The number of halogens is 1. The van der Waals surface area contributed by atoms with Crippen molar-refractivity contribution in [3.05, 3.63) is 54.6 Å². The summed E-state index contributed by atoms with van der Waals surface area (Å²) in [4.78, 5) is 44.9. The first-order valence-corrected chi connectivity index (χ1v) is 13.9. The molecule has 3 aliphatic rings. The molecule has 0 aliphatic carbocycles. The summed E-state index contributed by atoms with van der Waals surface area (Å²) in [6.45, 7) is 13.2. The summed E-state index contributed by atoms with van der Waals surface area (Å²) in [5.41, 5.74) is 2.68. The Hall–Kier alpha value is -2.10. The van der Waals surface area contributed by atoms with E-state index in [1.807, 2.05) is 32.0 Å². The number of rotatable bonds is 9. The Balaban J connectivity index is 1.84. The second-order valence-electron chi connectivity index (χ2n) is 9.84. The summed E-state index contributed by atoms with van der Waals surface area (Å²) in [7, 11) is 0. The Kier molecular flexibility index (Phi) is 7.74. The number of alkyl halides is 1. The van der Waals surface area contributed by atoms with E-state index in [1.54, 1.807) is 29.7 Å². The maximum absolute atomic E-state index is 14.5. The number of hydrogen-bond donors (Lipinski definition) is 1. The number of anilines is 1. The van der Waals surface area contributed by atoms with Gasteiger partial charge in [0.25, 0.3) is 5.91 Å². The lowest BCUT2D eigenvalue weighted by Crippen LogP contribution is -2.57. The fourth-order valence-corrected chi connectivity index (χ4v) is 9.80. The number of esters is 1. The highest BCUT2D eigenvalue weighted by Gasteiger charge is 2.76. The van der Waals surface area contributed by atoms with Gasteiger partial charge < -0.3 is 19.6 Å². The SMILES string of the molecule is C=CCOC(=O)[C@H]1[C@H]2C(=O)N([C@H](C)CO)C(C(=O)N(CC=C)c3c(C)cccc3C)C23CC(Br)[C@@H]1S3. The van der Waals surface area contributed by atoms with Crippen molar-refractivity contribution in [1.82, 2.24) is 4.90 Å². The first-order chi connectivity index (χ1) is 17.1. The van der Waals surface area contributed by atoms with E-state index in [0.717, 1.165) is 16.8 Å². The van der Waals surface area contributed by atoms with Crippen molar-refractivity contribution < 1.29 is 24.2 Å². The number of likely N-dealkylation sites (tertiary alicyclic amines) is 1. The third-order valence-corrected chi connectivity index (χ3v) is 10.8. The molecule has 36 heavy (non-hydrogen) atoms. The number of fused-ring (bicyclic) bond motifs is 1. The van der Waals surface area contributed by atoms with Gasteiger partial charge in [-0.2, -0.15) is 0 Å². The van der Waals surface area contributed by atoms with E-state index in [9.17, 15) is 19.5 Å². The van der Waals surface area contributed by atoms with Crippen molar-refractivity contribution in [2.45, 2.75) is 54.1 Å². The minimum Gasteiger partial charge on any atom is -0.461 e. The van der Waals surface area contributed by atoms with E-state index < -0.39 is 34.6 Å². The molecule has 3 heterocycles. The van der Waals surface area contributed by atoms with Crippen LogP contribution < -0.4 is 4.90 Å². The molecule has 1 spiro atoms. The van der Waals surface area contributed by atoms with Crippen LogP contribution in [0.4, 0.5) is 5.69 Å². The van der Waals surface area contributed by atoms with Gasteiger partial charge in [-0.3, -0.25) is 14.4 Å². The number of nitrogens with zero attached hydrogens (tertiary/aromatic N) is 2. The van der Waals surface area contributed by atoms with Crippen molar-refractivity contribution in [1.29, 1.82) is 0 Å². The monoisotopic (exact) mass is 576 g/mol. The molecule has 0 saturated carbocycles. The number of ether oxygens (including phenoxy) is 1. The molecule has 0 aromatic heterocycles. The highest BCUT2D eigenvalue weighted by Crippen LogP contribution is 2.68. The first-order valence-electron chi connectivity index (χ1n) is 12.2. The van der Waals surface area contributed by atoms with Gasteiger partial charge in [0, 0.05) is 22.3 Å². The highest BCUT2D eigenvalue weighted by molar-refractivity contribution is 9.09. The van der Waals surface area contributed by atoms with Gasteiger partial charge in [-0.15, -0.1) is 18.3 Å². The number of carbonyl (C=O) groups excluding carboxylic acids is 3. The number of amides is 2. The summed E-state index contributed by atoms with van der Waals surface area (Å²) in [6.07, 6.45) is 3.74. The Labute approximate surface area is 225 Å². The molecule has 7 atom stereocenters. The standard InChI is InChI=1S/C27H33BrN2O5S/c1-6-11-29(21-15(3)9-8-10-16(21)4)25(33)23-27-13-18(28)22(36-27)19(26(34)35-12-7-2)20(27)24(32)30(23)17(5)14-31/h6-10,17-20,22-23,31H,1-2,11-14H2,3-5H3/t17-,18?,19+,20+,22+,23?,27?/m1/s1. The van der Waals surface area contributed by atoms with E-state index in [0.29, 0.717) is 6.42 Å². The molecule has 2 bridgehead atoms. The summed E-state index contributed by atoms with van der Waals surface area (Å²) >= 11 is 5.29. The zero-order valence-corrected chi connectivity index (χ0v) is 23.3. The van der Waals surface area contributed by atoms with Crippen LogP contribution in [0.2, 0.25) is 0 Å². The topological polar surface area (TPSA) is 87.1 Å². The molecular formula is C27H33BrN2O5S. The molecule has 1 aromatic rings. The van der Waals surface area contributed by atoms with E-state index in [-0.39, 0.29) is 41.6 Å². The number of aryl methyl sites for hydroxylation is 2. The van der Waals surface area contributed by atoms with Crippen molar-refractivity contribution in [3.63, 3.8) is 0 Å². The van der Waals surface area contributed by atoms with Crippen molar-refractivity contribution in [2.24, 2.45) is 11.8 Å². The molecule has 3 fully saturated rings. The number of aliphatic hydroxyl groups is 1. The first kappa shape index (κ1) is 26.9. The van der Waals surface area contributed by atoms with Crippen molar-refractivity contribution >= 4 is 51.2 Å². The van der Waals surface area contributed by atoms with Gasteiger partial charge in [-0.05, 0) is 38.3 Å².